The summed E-state index contributed by atoms with van der Waals surface area (Å²) in [6.45, 7) is 1.29. The van der Waals surface area contributed by atoms with E-state index in [9.17, 15) is 13.2 Å². The molecule has 0 aliphatic rings. The molecule has 60 valence electrons. The van der Waals surface area contributed by atoms with Crippen molar-refractivity contribution in [2.24, 2.45) is 0 Å². The molecule has 0 saturated carbocycles. The van der Waals surface area contributed by atoms with Gasteiger partial charge >= 0.3 is 12.1 Å². The summed E-state index contributed by atoms with van der Waals surface area (Å²) in [5, 5.41) is 0. The molecule has 0 spiro atoms. The van der Waals surface area contributed by atoms with Crippen LogP contribution >= 0.6 is 0 Å². The Balaban J connectivity index is 3.79. The monoisotopic (exact) mass is 156 g/mol. The third-order valence-electron chi connectivity index (χ3n) is 0.750. The molecule has 0 aliphatic carbocycles. The fourth-order valence-corrected chi connectivity index (χ4v) is 0.238. The molecule has 2 nitrogen and oxygen atoms in total. The maximum Gasteiger partial charge on any atom is 0.342 e. The molecular weight excluding hydrogens is 149 g/mol. The fraction of sp³-hybridized carbons (Fsp3) is 0.600. The van der Waals surface area contributed by atoms with Gasteiger partial charge in [-0.2, -0.15) is 13.2 Å². The molecule has 0 heterocycles. The summed E-state index contributed by atoms with van der Waals surface area (Å²) in [5.41, 5.74) is 0. The molecule has 1 unspecified atom stereocenters. The summed E-state index contributed by atoms with van der Waals surface area (Å²) in [4.78, 5) is 0. The number of rotatable bonds is 3. The van der Waals surface area contributed by atoms with Gasteiger partial charge in [0, 0.05) is 7.11 Å². The van der Waals surface area contributed by atoms with Gasteiger partial charge in [0.2, 0.25) is 0 Å². The number of ether oxygens (including phenoxy) is 2. The first-order chi connectivity index (χ1) is 4.57. The fourth-order valence-electron chi connectivity index (χ4n) is 0.238. The molecule has 0 aromatic rings. The van der Waals surface area contributed by atoms with E-state index in [0.29, 0.717) is 0 Å². The van der Waals surface area contributed by atoms with Crippen LogP contribution in [0.3, 0.4) is 0 Å². The van der Waals surface area contributed by atoms with E-state index in [1.165, 1.54) is 14.0 Å². The molecule has 0 fully saturated rings. The smallest absolute Gasteiger partial charge is 0.342 e. The van der Waals surface area contributed by atoms with Crippen LogP contribution in [0.25, 0.3) is 0 Å². The number of hydrogen-bond acceptors (Lipinski definition) is 2. The lowest BCUT2D eigenvalue weighted by atomic mass is 10.7. The predicted molar refractivity (Wildman–Crippen MR) is 27.9 cm³/mol. The van der Waals surface area contributed by atoms with E-state index in [-0.39, 0.29) is 0 Å². The molecule has 0 aromatic heterocycles. The molecule has 0 bridgehead atoms. The van der Waals surface area contributed by atoms with E-state index in [1.54, 1.807) is 0 Å². The first kappa shape index (κ1) is 9.29. The Bertz CT molecular complexity index is 131. The minimum absolute atomic E-state index is 0.999. The van der Waals surface area contributed by atoms with E-state index in [1.807, 2.05) is 0 Å². The summed E-state index contributed by atoms with van der Waals surface area (Å²) in [6.07, 6.45) is -3.48. The lowest BCUT2D eigenvalue weighted by Gasteiger charge is -2.08. The highest BCUT2D eigenvalue weighted by Crippen LogP contribution is 2.12. The summed E-state index contributed by atoms with van der Waals surface area (Å²) < 4.78 is 42.5. The van der Waals surface area contributed by atoms with Gasteiger partial charge in [0.15, 0.2) is 6.29 Å². The lowest BCUT2D eigenvalue weighted by Crippen LogP contribution is -2.08. The molecule has 0 aliphatic heterocycles. The summed E-state index contributed by atoms with van der Waals surface area (Å²) in [5.74, 6) is 0. The Morgan fingerprint density at radius 3 is 2.10 bits per heavy atom. The van der Waals surface area contributed by atoms with E-state index in [0.717, 1.165) is 0 Å². The van der Waals surface area contributed by atoms with Crippen molar-refractivity contribution in [2.45, 2.75) is 13.2 Å². The van der Waals surface area contributed by atoms with Crippen molar-refractivity contribution in [3.8, 4) is 0 Å². The number of methoxy groups -OCH3 is 1. The van der Waals surface area contributed by atoms with Crippen LogP contribution in [-0.2, 0) is 9.47 Å². The maximum absolute atomic E-state index is 11.8. The van der Waals surface area contributed by atoms with Gasteiger partial charge in [-0.15, -0.1) is 0 Å². The highest BCUT2D eigenvalue weighted by Gasteiger charge is 2.09. The average molecular weight is 156 g/mol. The van der Waals surface area contributed by atoms with Crippen LogP contribution < -0.4 is 0 Å². The quantitative estimate of drug-likeness (QED) is 0.459. The molecule has 0 N–H and O–H groups in total. The zero-order chi connectivity index (χ0) is 8.15. The first-order valence-corrected chi connectivity index (χ1v) is 2.48. The number of halogens is 3. The van der Waals surface area contributed by atoms with E-state index >= 15 is 0 Å². The van der Waals surface area contributed by atoms with E-state index < -0.39 is 18.4 Å². The summed E-state index contributed by atoms with van der Waals surface area (Å²) in [6, 6.07) is -1.89. The van der Waals surface area contributed by atoms with Crippen LogP contribution in [0.2, 0.25) is 0 Å². The van der Waals surface area contributed by atoms with Gasteiger partial charge in [0.05, 0.1) is 0 Å². The molecular formula is C5H7F3O2. The Hall–Kier alpha value is -0.710. The Labute approximate surface area is 56.2 Å². The third-order valence-corrected chi connectivity index (χ3v) is 0.750. The molecule has 0 saturated heterocycles. The second-order valence-electron chi connectivity index (χ2n) is 1.46. The van der Waals surface area contributed by atoms with Gasteiger partial charge in [-0.1, -0.05) is 0 Å². The zero-order valence-electron chi connectivity index (χ0n) is 5.53. The summed E-state index contributed by atoms with van der Waals surface area (Å²) in [7, 11) is 1.22. The van der Waals surface area contributed by atoms with Gasteiger partial charge in [0.25, 0.3) is 0 Å². The Kier molecular flexibility index (Phi) is 3.87. The molecule has 0 aromatic carbocycles. The van der Waals surface area contributed by atoms with Crippen molar-refractivity contribution in [1.29, 1.82) is 0 Å². The summed E-state index contributed by atoms with van der Waals surface area (Å²) >= 11 is 0. The van der Waals surface area contributed by atoms with Crippen LogP contribution in [0.4, 0.5) is 13.2 Å². The second-order valence-corrected chi connectivity index (χ2v) is 1.46. The standard InChI is InChI=1S/C5H7F3O2/c1-3(9-2)10-5(8)4(6)7/h3H,1-2H3. The van der Waals surface area contributed by atoms with E-state index in [4.69, 9.17) is 0 Å². The van der Waals surface area contributed by atoms with E-state index in [2.05, 4.69) is 9.47 Å². The van der Waals surface area contributed by atoms with Crippen molar-refractivity contribution in [1.82, 2.24) is 0 Å². The predicted octanol–water partition coefficient (Wildman–Crippen LogP) is 2.03. The lowest BCUT2D eigenvalue weighted by molar-refractivity contribution is -0.103. The van der Waals surface area contributed by atoms with Gasteiger partial charge < -0.3 is 9.47 Å². The van der Waals surface area contributed by atoms with Gasteiger partial charge in [-0.25, -0.2) is 0 Å². The van der Waals surface area contributed by atoms with Crippen molar-refractivity contribution < 1.29 is 22.6 Å². The molecule has 0 amide bonds. The van der Waals surface area contributed by atoms with Crippen molar-refractivity contribution in [3.05, 3.63) is 12.1 Å². The topological polar surface area (TPSA) is 18.5 Å². The largest absolute Gasteiger partial charge is 0.437 e. The van der Waals surface area contributed by atoms with Crippen molar-refractivity contribution in [2.75, 3.05) is 7.11 Å². The first-order valence-electron chi connectivity index (χ1n) is 2.48. The van der Waals surface area contributed by atoms with Gasteiger partial charge in [0.1, 0.15) is 0 Å². The molecule has 10 heavy (non-hydrogen) atoms. The van der Waals surface area contributed by atoms with Crippen LogP contribution in [0.1, 0.15) is 6.92 Å². The minimum Gasteiger partial charge on any atom is -0.437 e. The highest BCUT2D eigenvalue weighted by atomic mass is 19.3. The van der Waals surface area contributed by atoms with Crippen LogP contribution in [0, 0.1) is 0 Å². The zero-order valence-corrected chi connectivity index (χ0v) is 5.53. The minimum atomic E-state index is -2.48. The van der Waals surface area contributed by atoms with Gasteiger partial charge in [-0.3, -0.25) is 0 Å². The SMILES string of the molecule is COC(C)OC(F)=C(F)F. The van der Waals surface area contributed by atoms with Crippen LogP contribution in [-0.4, -0.2) is 13.4 Å². The molecule has 5 heteroatoms. The van der Waals surface area contributed by atoms with Gasteiger partial charge in [-0.05, 0) is 6.92 Å². The average Bonchev–Trinajstić information content (AvgIpc) is 1.87. The molecule has 0 rings (SSSR count). The highest BCUT2D eigenvalue weighted by molar-refractivity contribution is 4.80. The molecule has 1 atom stereocenters. The van der Waals surface area contributed by atoms with Crippen LogP contribution in [0.5, 0.6) is 0 Å². The number of hydrogen-bond donors (Lipinski definition) is 0. The third kappa shape index (κ3) is 3.34. The Morgan fingerprint density at radius 1 is 1.30 bits per heavy atom. The van der Waals surface area contributed by atoms with Crippen molar-refractivity contribution in [3.63, 3.8) is 0 Å². The van der Waals surface area contributed by atoms with Crippen LogP contribution in [0.15, 0.2) is 12.1 Å². The maximum atomic E-state index is 11.8. The van der Waals surface area contributed by atoms with Crippen molar-refractivity contribution >= 4 is 0 Å². The normalized spacial score (nSPS) is 12.5. The molecule has 0 radical (unpaired) electrons. The second kappa shape index (κ2) is 4.16. The Morgan fingerprint density at radius 2 is 1.80 bits per heavy atom.